The van der Waals surface area contributed by atoms with Crippen molar-refractivity contribution in [3.63, 3.8) is 0 Å². The molecule has 0 aliphatic heterocycles. The molecule has 2 heterocycles. The van der Waals surface area contributed by atoms with E-state index in [-0.39, 0.29) is 43.5 Å². The Labute approximate surface area is 344 Å². The van der Waals surface area contributed by atoms with Crippen molar-refractivity contribution in [2.75, 3.05) is 0 Å². The van der Waals surface area contributed by atoms with Crippen molar-refractivity contribution >= 4 is 61.5 Å². The van der Waals surface area contributed by atoms with E-state index in [1.165, 1.54) is 74.5 Å². The molecule has 1 aliphatic rings. The number of nitrogens with zero attached hydrogens (tertiary/aromatic N) is 2. The number of ketones is 1. The van der Waals surface area contributed by atoms with E-state index in [9.17, 15) is 9.90 Å². The number of aliphatic hydroxyl groups is 1. The Kier molecular flexibility index (Phi) is 15.1. The van der Waals surface area contributed by atoms with Gasteiger partial charge in [0.25, 0.3) is 0 Å². The number of carbonyl (C=O) groups excluding carboxylic acids is 1. The maximum Gasteiger partial charge on any atom is 0.162 e. The number of benzene rings is 3. The van der Waals surface area contributed by atoms with Crippen molar-refractivity contribution in [3.8, 4) is 11.3 Å². The summed E-state index contributed by atoms with van der Waals surface area (Å²) in [6, 6.07) is 19.5. The van der Waals surface area contributed by atoms with E-state index in [1.807, 2.05) is 11.3 Å². The van der Waals surface area contributed by atoms with Gasteiger partial charge in [-0.15, -0.1) is 40.1 Å². The van der Waals surface area contributed by atoms with Crippen LogP contribution in [0.4, 0.5) is 0 Å². The minimum absolute atomic E-state index is 0. The van der Waals surface area contributed by atoms with Crippen molar-refractivity contribution in [1.82, 2.24) is 9.97 Å². The van der Waals surface area contributed by atoms with E-state index in [1.54, 1.807) is 11.9 Å². The van der Waals surface area contributed by atoms with Gasteiger partial charge in [0.15, 0.2) is 5.78 Å². The Bertz CT molecular complexity index is 2070. The van der Waals surface area contributed by atoms with Gasteiger partial charge in [0.2, 0.25) is 0 Å². The molecule has 0 bridgehead atoms. The predicted octanol–water partition coefficient (Wildman–Crippen LogP) is 13.2. The third-order valence-corrected chi connectivity index (χ3v) is 14.8. The second-order valence-electron chi connectivity index (χ2n) is 17.9. The normalized spacial score (nSPS) is 14.6. The summed E-state index contributed by atoms with van der Waals surface area (Å²) < 4.78 is 2.57. The van der Waals surface area contributed by atoms with Crippen LogP contribution in [0.2, 0.25) is 19.6 Å². The van der Waals surface area contributed by atoms with Gasteiger partial charge in [-0.05, 0) is 60.5 Å². The van der Waals surface area contributed by atoms with Gasteiger partial charge in [0, 0.05) is 58.5 Å². The van der Waals surface area contributed by atoms with Crippen LogP contribution in [0.15, 0.2) is 60.6 Å². The van der Waals surface area contributed by atoms with E-state index in [0.717, 1.165) is 16.8 Å². The first-order chi connectivity index (χ1) is 25.0. The summed E-state index contributed by atoms with van der Waals surface area (Å²) >= 11 is 1.87. The Morgan fingerprint density at radius 1 is 0.833 bits per heavy atom. The number of rotatable bonds is 10. The summed E-state index contributed by atoms with van der Waals surface area (Å²) in [5, 5.41) is 15.5. The third-order valence-electron chi connectivity index (χ3n) is 11.4. The first-order valence-corrected chi connectivity index (χ1v) is 24.4. The van der Waals surface area contributed by atoms with Crippen LogP contribution in [-0.4, -0.2) is 28.9 Å². The SMILES string of the molecule is CC(C)C(C(=O)/C=C(\O)C(C(C)C)C(C)C)C(C)C.Cc1c(C2CCCCC2)ccc2c1sc1c(-c3[c-]c4ccccc4c([Si](C)(C)C)c3)ncnc12.[Ir]. The number of aryl methyl sites for hydroxylation is 1. The average molecular weight is 940 g/mol. The van der Waals surface area contributed by atoms with Gasteiger partial charge in [-0.25, -0.2) is 4.98 Å². The van der Waals surface area contributed by atoms with E-state index < -0.39 is 8.07 Å². The van der Waals surface area contributed by atoms with Crippen LogP contribution in [0.25, 0.3) is 42.3 Å². The van der Waals surface area contributed by atoms with Crippen molar-refractivity contribution in [2.45, 2.75) is 120 Å². The zero-order valence-corrected chi connectivity index (χ0v) is 39.0. The molecule has 1 radical (unpaired) electrons. The number of carbonyl (C=O) groups is 1. The predicted molar refractivity (Wildman–Crippen MR) is 232 cm³/mol. The minimum atomic E-state index is -1.56. The van der Waals surface area contributed by atoms with Crippen molar-refractivity contribution in [2.24, 2.45) is 35.5 Å². The first-order valence-electron chi connectivity index (χ1n) is 20.1. The molecule has 54 heavy (non-hydrogen) atoms. The van der Waals surface area contributed by atoms with Crippen LogP contribution in [0.1, 0.15) is 105 Å². The molecule has 1 fully saturated rings. The summed E-state index contributed by atoms with van der Waals surface area (Å²) in [6.07, 6.45) is 9.99. The fourth-order valence-electron chi connectivity index (χ4n) is 9.03. The van der Waals surface area contributed by atoms with E-state index >= 15 is 0 Å². The first kappa shape index (κ1) is 44.0. The Balaban J connectivity index is 0.000000281. The molecule has 0 saturated heterocycles. The Morgan fingerprint density at radius 3 is 2.04 bits per heavy atom. The molecule has 0 amide bonds. The summed E-state index contributed by atoms with van der Waals surface area (Å²) in [4.78, 5) is 21.9. The molecule has 0 atom stereocenters. The zero-order valence-electron chi connectivity index (χ0n) is 34.8. The van der Waals surface area contributed by atoms with Crippen LogP contribution in [0.3, 0.4) is 0 Å². The number of allylic oxidation sites excluding steroid dienone is 2. The molecule has 2 aromatic heterocycles. The zero-order chi connectivity index (χ0) is 38.8. The number of aliphatic hydroxyl groups excluding tert-OH is 1. The smallest absolute Gasteiger partial charge is 0.162 e. The van der Waals surface area contributed by atoms with E-state index in [2.05, 4.69) is 130 Å². The van der Waals surface area contributed by atoms with Crippen molar-refractivity contribution in [1.29, 1.82) is 0 Å². The number of hydrogen-bond donors (Lipinski definition) is 1. The van der Waals surface area contributed by atoms with Gasteiger partial charge in [-0.3, -0.25) is 9.78 Å². The van der Waals surface area contributed by atoms with Gasteiger partial charge >= 0.3 is 0 Å². The molecule has 293 valence electrons. The topological polar surface area (TPSA) is 63.1 Å². The van der Waals surface area contributed by atoms with Gasteiger partial charge in [0.05, 0.1) is 19.3 Å². The van der Waals surface area contributed by atoms with Crippen LogP contribution >= 0.6 is 11.3 Å². The number of aromatic nitrogens is 2. The van der Waals surface area contributed by atoms with Gasteiger partial charge in [0.1, 0.15) is 6.33 Å². The molecule has 1 saturated carbocycles. The molecule has 7 heteroatoms. The van der Waals surface area contributed by atoms with Crippen LogP contribution in [0.5, 0.6) is 0 Å². The third kappa shape index (κ3) is 9.63. The summed E-state index contributed by atoms with van der Waals surface area (Å²) in [5.74, 6) is 2.34. The van der Waals surface area contributed by atoms with Gasteiger partial charge < -0.3 is 5.11 Å². The standard InChI is InChI=1S/C30H31N2SSi.C17H32O2.Ir/c1-19-23(20-10-6-5-7-11-20)14-15-25-28-30(33-29(19)25)27(31-18-32-28)22-16-21-12-8-9-13-24(21)26(17-22)34(2,3)4;1-10(2)16(11(3)4)14(18)9-15(19)17(12(5)6)13(7)8;/h8-9,12-15,17-18,20H,5-7,10-11H2,1-4H3;9-13,16-18H,1-8H3;/q-1;;/b;14-9-;. The quantitative estimate of drug-likeness (QED) is 0.0656. The summed E-state index contributed by atoms with van der Waals surface area (Å²) in [7, 11) is -1.56. The van der Waals surface area contributed by atoms with Crippen molar-refractivity contribution in [3.05, 3.63) is 77.8 Å². The van der Waals surface area contributed by atoms with Crippen molar-refractivity contribution < 1.29 is 30.0 Å². The maximum atomic E-state index is 12.3. The fourth-order valence-corrected chi connectivity index (χ4v) is 11.9. The molecule has 1 aliphatic carbocycles. The Morgan fingerprint density at radius 2 is 1.44 bits per heavy atom. The molecule has 4 nitrogen and oxygen atoms in total. The molecular formula is C47H63IrN2O2SSi-. The minimum Gasteiger partial charge on any atom is -0.512 e. The maximum absolute atomic E-state index is 12.3. The number of fused-ring (bicyclic) bond motifs is 4. The molecule has 0 unspecified atom stereocenters. The Hall–Kier alpha value is -2.70. The second-order valence-corrected chi connectivity index (χ2v) is 23.9. The van der Waals surface area contributed by atoms with Crippen LogP contribution in [0, 0.1) is 48.5 Å². The van der Waals surface area contributed by atoms with Gasteiger partial charge in [-0.1, -0.05) is 136 Å². The summed E-state index contributed by atoms with van der Waals surface area (Å²) in [6.45, 7) is 26.2. The molecule has 6 rings (SSSR count). The average Bonchev–Trinajstić information content (AvgIpc) is 3.47. The van der Waals surface area contributed by atoms with Crippen LogP contribution in [-0.2, 0) is 24.9 Å². The molecular weight excluding hydrogens is 877 g/mol. The number of thiophene rings is 1. The summed E-state index contributed by atoms with van der Waals surface area (Å²) in [5.41, 5.74) is 6.20. The fraction of sp³-hybridized carbons (Fsp3) is 0.511. The van der Waals surface area contributed by atoms with E-state index in [0.29, 0.717) is 29.6 Å². The van der Waals surface area contributed by atoms with Crippen LogP contribution < -0.4 is 5.19 Å². The van der Waals surface area contributed by atoms with Gasteiger partial charge in [-0.2, -0.15) is 0 Å². The molecule has 5 aromatic rings. The van der Waals surface area contributed by atoms with E-state index in [4.69, 9.17) is 9.97 Å². The molecule has 0 spiro atoms. The molecule has 1 N–H and O–H groups in total. The molecule has 3 aromatic carbocycles. The number of hydrogen-bond acceptors (Lipinski definition) is 5. The monoisotopic (exact) mass is 940 g/mol. The largest absolute Gasteiger partial charge is 0.512 e. The second kappa shape index (κ2) is 18.5.